The molecule has 0 heterocycles. The number of aliphatic hydroxyl groups excluding tert-OH is 1. The first kappa shape index (κ1) is 15.4. The van der Waals surface area contributed by atoms with Crippen molar-refractivity contribution in [1.29, 1.82) is 0 Å². The van der Waals surface area contributed by atoms with Gasteiger partial charge >= 0.3 is 5.96 Å². The highest BCUT2D eigenvalue weighted by atomic mass is 127. The minimum absolute atomic E-state index is 0. The summed E-state index contributed by atoms with van der Waals surface area (Å²) in [4.78, 5) is 0. The third-order valence-electron chi connectivity index (χ3n) is 1.65. The zero-order valence-electron chi connectivity index (χ0n) is 8.71. The zero-order valence-corrected chi connectivity index (χ0v) is 10.9. The van der Waals surface area contributed by atoms with Crippen LogP contribution in [0.2, 0.25) is 0 Å². The van der Waals surface area contributed by atoms with Crippen molar-refractivity contribution < 1.29 is 33.7 Å². The largest absolute Gasteiger partial charge is 1.00 e. The number of hydrogen-bond donors (Lipinski definition) is 3. The fourth-order valence-electron chi connectivity index (χ4n) is 1.02. The van der Waals surface area contributed by atoms with Gasteiger partial charge in [0.25, 0.3) is 0 Å². The number of nitrogens with one attached hydrogen (secondary N) is 1. The molecular weight excluding hydrogens is 281 g/mol. The maximum atomic E-state index is 9.18. The smallest absolute Gasteiger partial charge is 0.343 e. The van der Waals surface area contributed by atoms with Crippen molar-refractivity contribution in [2.75, 3.05) is 13.6 Å². The SMILES string of the molecule is CNC(N)=[N+](CC(C)O)C(C)C.[I-]. The van der Waals surface area contributed by atoms with Crippen molar-refractivity contribution in [2.45, 2.75) is 32.9 Å². The van der Waals surface area contributed by atoms with E-state index in [2.05, 4.69) is 5.32 Å². The summed E-state index contributed by atoms with van der Waals surface area (Å²) < 4.78 is 1.92. The standard InChI is InChI=1S/C8H19N3O.HI/c1-6(2)11(5-7(3)12)8(9)10-4;/h6-7,12H,5H2,1-4H3,(H2,9,10);1H. The lowest BCUT2D eigenvalue weighted by Crippen LogP contribution is -3.00. The first-order chi connectivity index (χ1) is 5.49. The summed E-state index contributed by atoms with van der Waals surface area (Å²) in [6.45, 7) is 6.38. The molecule has 0 aromatic rings. The van der Waals surface area contributed by atoms with Crippen LogP contribution in [0.15, 0.2) is 0 Å². The Kier molecular flexibility index (Phi) is 8.75. The highest BCUT2D eigenvalue weighted by Crippen LogP contribution is 1.91. The van der Waals surface area contributed by atoms with Crippen LogP contribution in [0.5, 0.6) is 0 Å². The summed E-state index contributed by atoms with van der Waals surface area (Å²) in [5.74, 6) is 0.603. The van der Waals surface area contributed by atoms with Gasteiger partial charge in [-0.1, -0.05) is 0 Å². The van der Waals surface area contributed by atoms with Gasteiger partial charge in [0.2, 0.25) is 0 Å². The molecule has 0 aliphatic heterocycles. The van der Waals surface area contributed by atoms with Crippen LogP contribution in [0.25, 0.3) is 0 Å². The molecule has 0 bridgehead atoms. The molecule has 1 atom stereocenters. The summed E-state index contributed by atoms with van der Waals surface area (Å²) in [5, 5.41) is 12.0. The summed E-state index contributed by atoms with van der Waals surface area (Å²) >= 11 is 0. The van der Waals surface area contributed by atoms with Crippen LogP contribution in [-0.2, 0) is 0 Å². The highest BCUT2D eigenvalue weighted by Gasteiger charge is 2.12. The molecule has 0 spiro atoms. The highest BCUT2D eigenvalue weighted by molar-refractivity contribution is 5.72. The van der Waals surface area contributed by atoms with E-state index >= 15 is 0 Å². The van der Waals surface area contributed by atoms with E-state index in [-0.39, 0.29) is 30.1 Å². The van der Waals surface area contributed by atoms with E-state index in [1.165, 1.54) is 0 Å². The second-order valence-electron chi connectivity index (χ2n) is 3.23. The number of halogens is 1. The second-order valence-corrected chi connectivity index (χ2v) is 3.23. The molecule has 0 aliphatic carbocycles. The van der Waals surface area contributed by atoms with Crippen LogP contribution in [0.4, 0.5) is 0 Å². The van der Waals surface area contributed by atoms with Crippen molar-refractivity contribution in [3.8, 4) is 0 Å². The van der Waals surface area contributed by atoms with Crippen LogP contribution in [0, 0.1) is 0 Å². The summed E-state index contributed by atoms with van der Waals surface area (Å²) in [6, 6.07) is 0.298. The third-order valence-corrected chi connectivity index (χ3v) is 1.65. The Morgan fingerprint density at radius 2 is 1.92 bits per heavy atom. The van der Waals surface area contributed by atoms with E-state index in [0.717, 1.165) is 0 Å². The Morgan fingerprint density at radius 1 is 1.46 bits per heavy atom. The number of nitrogens with two attached hydrogens (primary N) is 1. The van der Waals surface area contributed by atoms with Gasteiger partial charge in [0.1, 0.15) is 0 Å². The molecule has 0 aromatic heterocycles. The third kappa shape index (κ3) is 6.09. The summed E-state index contributed by atoms with van der Waals surface area (Å²) in [7, 11) is 1.77. The molecule has 1 unspecified atom stereocenters. The van der Waals surface area contributed by atoms with Crippen molar-refractivity contribution in [2.24, 2.45) is 5.73 Å². The van der Waals surface area contributed by atoms with Gasteiger partial charge in [0.15, 0.2) is 0 Å². The van der Waals surface area contributed by atoms with E-state index in [9.17, 15) is 5.11 Å². The number of aliphatic hydroxyl groups is 1. The molecule has 0 saturated carbocycles. The average Bonchev–Trinajstić information content (AvgIpc) is 1.98. The minimum Gasteiger partial charge on any atom is -1.00 e. The molecule has 0 saturated heterocycles. The quantitative estimate of drug-likeness (QED) is 0.218. The monoisotopic (exact) mass is 301 g/mol. The molecule has 0 amide bonds. The van der Waals surface area contributed by atoms with E-state index in [0.29, 0.717) is 18.5 Å². The fourth-order valence-corrected chi connectivity index (χ4v) is 1.02. The first-order valence-electron chi connectivity index (χ1n) is 4.24. The molecule has 4 N–H and O–H groups in total. The van der Waals surface area contributed by atoms with E-state index in [1.54, 1.807) is 14.0 Å². The average molecular weight is 301 g/mol. The van der Waals surface area contributed by atoms with Crippen molar-refractivity contribution in [1.82, 2.24) is 5.32 Å². The lowest BCUT2D eigenvalue weighted by molar-refractivity contribution is -0.568. The van der Waals surface area contributed by atoms with Crippen LogP contribution in [0.3, 0.4) is 0 Å². The van der Waals surface area contributed by atoms with Gasteiger partial charge < -0.3 is 29.1 Å². The Hall–Kier alpha value is -0.0400. The van der Waals surface area contributed by atoms with E-state index < -0.39 is 0 Å². The molecule has 80 valence electrons. The number of guanidine groups is 1. The number of nitrogens with zero attached hydrogens (tertiary/aromatic N) is 1. The predicted molar refractivity (Wildman–Crippen MR) is 50.2 cm³/mol. The molecule has 0 aromatic carbocycles. The molecule has 4 nitrogen and oxygen atoms in total. The zero-order chi connectivity index (χ0) is 9.72. The lowest BCUT2D eigenvalue weighted by atomic mass is 10.3. The maximum absolute atomic E-state index is 9.18. The van der Waals surface area contributed by atoms with Crippen molar-refractivity contribution in [3.05, 3.63) is 0 Å². The lowest BCUT2D eigenvalue weighted by Gasteiger charge is -2.15. The molecule has 13 heavy (non-hydrogen) atoms. The Morgan fingerprint density at radius 3 is 2.15 bits per heavy atom. The Bertz CT molecular complexity index is 169. The topological polar surface area (TPSA) is 61.3 Å². The van der Waals surface area contributed by atoms with Crippen molar-refractivity contribution in [3.63, 3.8) is 0 Å². The normalized spacial score (nSPS) is 14.6. The van der Waals surface area contributed by atoms with E-state index in [4.69, 9.17) is 5.73 Å². The van der Waals surface area contributed by atoms with Gasteiger partial charge in [-0.25, -0.2) is 0 Å². The molecule has 0 rings (SSSR count). The fraction of sp³-hybridized carbons (Fsp3) is 0.875. The summed E-state index contributed by atoms with van der Waals surface area (Å²) in [5.41, 5.74) is 5.69. The van der Waals surface area contributed by atoms with E-state index in [1.807, 2.05) is 18.4 Å². The first-order valence-corrected chi connectivity index (χ1v) is 4.24. The molecule has 5 heteroatoms. The van der Waals surface area contributed by atoms with Gasteiger partial charge in [0.05, 0.1) is 25.7 Å². The van der Waals surface area contributed by atoms with Crippen LogP contribution in [-0.4, -0.2) is 41.4 Å². The Labute approximate surface area is 97.2 Å². The predicted octanol–water partition coefficient (Wildman–Crippen LogP) is -3.67. The van der Waals surface area contributed by atoms with Gasteiger partial charge in [-0.3, -0.25) is 15.6 Å². The molecule has 0 radical (unpaired) electrons. The molecular formula is C8H20IN3O. The minimum atomic E-state index is -0.362. The number of hydrogen-bond acceptors (Lipinski definition) is 1. The van der Waals surface area contributed by atoms with Crippen LogP contribution >= 0.6 is 0 Å². The van der Waals surface area contributed by atoms with Crippen LogP contribution in [0.1, 0.15) is 20.8 Å². The van der Waals surface area contributed by atoms with Gasteiger partial charge in [0, 0.05) is 0 Å². The summed E-state index contributed by atoms with van der Waals surface area (Å²) in [6.07, 6.45) is -0.362. The molecule has 0 fully saturated rings. The maximum Gasteiger partial charge on any atom is 0.343 e. The van der Waals surface area contributed by atoms with Gasteiger partial charge in [-0.05, 0) is 20.8 Å². The van der Waals surface area contributed by atoms with Gasteiger partial charge in [-0.2, -0.15) is 0 Å². The molecule has 0 aliphatic rings. The number of rotatable bonds is 3. The van der Waals surface area contributed by atoms with Crippen molar-refractivity contribution >= 4 is 5.96 Å². The Balaban J connectivity index is 0. The van der Waals surface area contributed by atoms with Gasteiger partial charge in [-0.15, -0.1) is 0 Å². The van der Waals surface area contributed by atoms with Crippen LogP contribution < -0.4 is 35.0 Å². The second kappa shape index (κ2) is 7.37.